The van der Waals surface area contributed by atoms with Crippen LogP contribution in [0.15, 0.2) is 59.6 Å². The van der Waals surface area contributed by atoms with Crippen molar-refractivity contribution in [3.05, 3.63) is 66.1 Å². The van der Waals surface area contributed by atoms with Crippen molar-refractivity contribution >= 4 is 10.0 Å². The predicted octanol–water partition coefficient (Wildman–Crippen LogP) is 2.60. The average molecular weight is 364 g/mol. The molecule has 25 heavy (non-hydrogen) atoms. The van der Waals surface area contributed by atoms with E-state index in [1.165, 1.54) is 30.5 Å². The number of H-pyrrole nitrogens is 1. The molecule has 2 N–H and O–H groups in total. The van der Waals surface area contributed by atoms with E-state index in [-0.39, 0.29) is 4.90 Å². The minimum absolute atomic E-state index is 0.0136. The SMILES string of the molecule is O=S(=O)(NC(CF)c1ccc(F)cc1)c1ccc(-c2cn[nH]n2)cc1. The number of sulfonamides is 1. The van der Waals surface area contributed by atoms with Crippen LogP contribution in [0.1, 0.15) is 11.6 Å². The van der Waals surface area contributed by atoms with E-state index in [2.05, 4.69) is 20.1 Å². The normalized spacial score (nSPS) is 12.9. The smallest absolute Gasteiger partial charge is 0.241 e. The molecule has 1 aromatic heterocycles. The molecule has 0 radical (unpaired) electrons. The van der Waals surface area contributed by atoms with E-state index in [0.29, 0.717) is 16.8 Å². The molecular weight excluding hydrogens is 350 g/mol. The molecule has 0 aliphatic rings. The van der Waals surface area contributed by atoms with Crippen LogP contribution in [0.3, 0.4) is 0 Å². The molecule has 1 heterocycles. The monoisotopic (exact) mass is 364 g/mol. The second-order valence-corrected chi connectivity index (χ2v) is 6.97. The first-order valence-corrected chi connectivity index (χ1v) is 8.78. The minimum atomic E-state index is -3.94. The topological polar surface area (TPSA) is 87.7 Å². The molecule has 0 saturated heterocycles. The molecule has 0 aliphatic heterocycles. The fourth-order valence-electron chi connectivity index (χ4n) is 2.28. The Kier molecular flexibility index (Phi) is 4.86. The number of nitrogens with one attached hydrogen (secondary N) is 2. The lowest BCUT2D eigenvalue weighted by atomic mass is 10.1. The van der Waals surface area contributed by atoms with Crippen LogP contribution in [0.25, 0.3) is 11.3 Å². The molecule has 0 bridgehead atoms. The van der Waals surface area contributed by atoms with E-state index in [1.807, 2.05) is 0 Å². The zero-order valence-corrected chi connectivity index (χ0v) is 13.7. The molecule has 130 valence electrons. The fraction of sp³-hybridized carbons (Fsp3) is 0.125. The molecule has 0 amide bonds. The third kappa shape index (κ3) is 3.89. The highest BCUT2D eigenvalue weighted by molar-refractivity contribution is 7.89. The first-order chi connectivity index (χ1) is 12.0. The van der Waals surface area contributed by atoms with Crippen molar-refractivity contribution in [2.75, 3.05) is 6.67 Å². The van der Waals surface area contributed by atoms with Crippen molar-refractivity contribution in [1.82, 2.24) is 20.1 Å². The zero-order chi connectivity index (χ0) is 17.9. The summed E-state index contributed by atoms with van der Waals surface area (Å²) in [5.74, 6) is -0.479. The Bertz CT molecular complexity index is 927. The Hall–Kier alpha value is -2.65. The van der Waals surface area contributed by atoms with Crippen molar-refractivity contribution < 1.29 is 17.2 Å². The molecule has 0 aliphatic carbocycles. The summed E-state index contributed by atoms with van der Waals surface area (Å²) in [4.78, 5) is -0.0136. The maximum Gasteiger partial charge on any atom is 0.241 e. The van der Waals surface area contributed by atoms with E-state index in [9.17, 15) is 17.2 Å². The molecule has 1 unspecified atom stereocenters. The van der Waals surface area contributed by atoms with Crippen LogP contribution >= 0.6 is 0 Å². The van der Waals surface area contributed by atoms with E-state index in [4.69, 9.17) is 0 Å². The molecule has 0 spiro atoms. The summed E-state index contributed by atoms with van der Waals surface area (Å²) in [7, 11) is -3.94. The lowest BCUT2D eigenvalue weighted by Crippen LogP contribution is -2.30. The second kappa shape index (κ2) is 7.08. The third-order valence-corrected chi connectivity index (χ3v) is 5.09. The molecule has 2 aromatic carbocycles. The van der Waals surface area contributed by atoms with Gasteiger partial charge in [-0.05, 0) is 29.8 Å². The molecule has 1 atom stereocenters. The van der Waals surface area contributed by atoms with Crippen LogP contribution < -0.4 is 4.72 Å². The van der Waals surface area contributed by atoms with Gasteiger partial charge in [-0.2, -0.15) is 15.4 Å². The summed E-state index contributed by atoms with van der Waals surface area (Å²) >= 11 is 0. The first-order valence-electron chi connectivity index (χ1n) is 7.29. The Labute approximate surface area is 143 Å². The predicted molar refractivity (Wildman–Crippen MR) is 87.3 cm³/mol. The number of aromatic amines is 1. The summed E-state index contributed by atoms with van der Waals surface area (Å²) in [6.45, 7) is -0.956. The van der Waals surface area contributed by atoms with E-state index in [0.717, 1.165) is 12.1 Å². The van der Waals surface area contributed by atoms with Gasteiger partial charge < -0.3 is 0 Å². The molecule has 0 saturated carbocycles. The summed E-state index contributed by atoms with van der Waals surface area (Å²) in [6, 6.07) is 9.84. The van der Waals surface area contributed by atoms with Crippen LogP contribution in [0.4, 0.5) is 8.78 Å². The number of alkyl halides is 1. The first kappa shape index (κ1) is 17.2. The Morgan fingerprint density at radius 3 is 2.32 bits per heavy atom. The van der Waals surface area contributed by atoms with Gasteiger partial charge in [-0.15, -0.1) is 0 Å². The van der Waals surface area contributed by atoms with Gasteiger partial charge in [0.2, 0.25) is 10.0 Å². The number of aromatic nitrogens is 3. The van der Waals surface area contributed by atoms with Gasteiger partial charge in [-0.1, -0.05) is 24.3 Å². The number of nitrogens with zero attached hydrogens (tertiary/aromatic N) is 2. The second-order valence-electron chi connectivity index (χ2n) is 5.26. The average Bonchev–Trinajstić information content (AvgIpc) is 3.15. The maximum atomic E-state index is 13.3. The Balaban J connectivity index is 1.81. The number of hydrogen-bond acceptors (Lipinski definition) is 4. The fourth-order valence-corrected chi connectivity index (χ4v) is 3.49. The van der Waals surface area contributed by atoms with Crippen molar-refractivity contribution in [3.63, 3.8) is 0 Å². The summed E-state index contributed by atoms with van der Waals surface area (Å²) in [5, 5.41) is 10.1. The van der Waals surface area contributed by atoms with Crippen molar-refractivity contribution in [2.45, 2.75) is 10.9 Å². The van der Waals surface area contributed by atoms with Crippen molar-refractivity contribution in [2.24, 2.45) is 0 Å². The number of hydrogen-bond donors (Lipinski definition) is 2. The van der Waals surface area contributed by atoms with Crippen LogP contribution in [0.5, 0.6) is 0 Å². The Morgan fingerprint density at radius 2 is 1.76 bits per heavy atom. The molecular formula is C16H14F2N4O2S. The standard InChI is InChI=1S/C16H14F2N4O2S/c17-9-15(11-1-5-13(18)6-2-11)21-25(23,24)14-7-3-12(4-8-14)16-10-19-22-20-16/h1-8,10,15,21H,9H2,(H,19,20,22). The van der Waals surface area contributed by atoms with Gasteiger partial charge in [-0.25, -0.2) is 21.9 Å². The van der Waals surface area contributed by atoms with Gasteiger partial charge in [0.1, 0.15) is 18.2 Å². The highest BCUT2D eigenvalue weighted by Gasteiger charge is 2.21. The third-order valence-electron chi connectivity index (χ3n) is 3.60. The van der Waals surface area contributed by atoms with Crippen molar-refractivity contribution in [3.8, 4) is 11.3 Å². The van der Waals surface area contributed by atoms with Crippen molar-refractivity contribution in [1.29, 1.82) is 0 Å². The largest absolute Gasteiger partial charge is 0.249 e. The summed E-state index contributed by atoms with van der Waals surface area (Å²) in [5.41, 5.74) is 1.60. The van der Waals surface area contributed by atoms with Gasteiger partial charge in [-0.3, -0.25) is 0 Å². The molecule has 0 fully saturated rings. The number of rotatable bonds is 6. The van der Waals surface area contributed by atoms with Crippen LogP contribution in [0.2, 0.25) is 0 Å². The molecule has 3 aromatic rings. The van der Waals surface area contributed by atoms with E-state index < -0.39 is 28.6 Å². The van der Waals surface area contributed by atoms with E-state index in [1.54, 1.807) is 12.1 Å². The van der Waals surface area contributed by atoms with Gasteiger partial charge in [0.25, 0.3) is 0 Å². The molecule has 3 rings (SSSR count). The summed E-state index contributed by atoms with van der Waals surface area (Å²) in [6.07, 6.45) is 1.51. The summed E-state index contributed by atoms with van der Waals surface area (Å²) < 4.78 is 53.5. The quantitative estimate of drug-likeness (QED) is 0.704. The highest BCUT2D eigenvalue weighted by atomic mass is 32.2. The van der Waals surface area contributed by atoms with Crippen LogP contribution in [-0.4, -0.2) is 30.5 Å². The lowest BCUT2D eigenvalue weighted by molar-refractivity contribution is 0.413. The molecule has 9 heteroatoms. The Morgan fingerprint density at radius 1 is 1.08 bits per heavy atom. The minimum Gasteiger partial charge on any atom is -0.249 e. The van der Waals surface area contributed by atoms with Gasteiger partial charge in [0.15, 0.2) is 0 Å². The van der Waals surface area contributed by atoms with Gasteiger partial charge in [0.05, 0.1) is 17.1 Å². The van der Waals surface area contributed by atoms with Crippen LogP contribution in [0, 0.1) is 5.82 Å². The highest BCUT2D eigenvalue weighted by Crippen LogP contribution is 2.21. The maximum absolute atomic E-state index is 13.3. The molecule has 6 nitrogen and oxygen atoms in total. The lowest BCUT2D eigenvalue weighted by Gasteiger charge is -2.16. The van der Waals surface area contributed by atoms with Gasteiger partial charge in [0, 0.05) is 5.56 Å². The van der Waals surface area contributed by atoms with Gasteiger partial charge >= 0.3 is 0 Å². The van der Waals surface area contributed by atoms with Crippen LogP contribution in [-0.2, 0) is 10.0 Å². The number of halogens is 2. The van der Waals surface area contributed by atoms with E-state index >= 15 is 0 Å². The zero-order valence-electron chi connectivity index (χ0n) is 12.9. The number of benzene rings is 2.